The van der Waals surface area contributed by atoms with Crippen molar-refractivity contribution < 1.29 is 14.3 Å². The van der Waals surface area contributed by atoms with Gasteiger partial charge in [-0.1, -0.05) is 24.3 Å². The maximum absolute atomic E-state index is 12.1. The summed E-state index contributed by atoms with van der Waals surface area (Å²) in [6.07, 6.45) is 12.7. The molecular formula is C14H16O3. The predicted molar refractivity (Wildman–Crippen MR) is 61.9 cm³/mol. The Kier molecular flexibility index (Phi) is 2.42. The molecule has 3 rings (SSSR count). The number of esters is 2. The Morgan fingerprint density at radius 1 is 1.12 bits per heavy atom. The largest absolute Gasteiger partial charge is 0.392 e. The van der Waals surface area contributed by atoms with Gasteiger partial charge >= 0.3 is 11.9 Å². The second-order valence-corrected chi connectivity index (χ2v) is 5.16. The highest BCUT2D eigenvalue weighted by atomic mass is 16.6. The normalized spacial score (nSPS) is 40.2. The molecule has 1 saturated heterocycles. The minimum atomic E-state index is -0.653. The molecule has 3 unspecified atom stereocenters. The molecule has 0 bridgehead atoms. The summed E-state index contributed by atoms with van der Waals surface area (Å²) in [6.45, 7) is 0. The van der Waals surface area contributed by atoms with E-state index in [0.717, 1.165) is 32.1 Å². The molecule has 0 saturated carbocycles. The smallest absolute Gasteiger partial charge is 0.324 e. The summed E-state index contributed by atoms with van der Waals surface area (Å²) in [5.41, 5.74) is -0.653. The quantitative estimate of drug-likeness (QED) is 0.396. The number of rotatable bonds is 1. The molecule has 0 radical (unpaired) electrons. The van der Waals surface area contributed by atoms with Gasteiger partial charge in [0, 0.05) is 0 Å². The Morgan fingerprint density at radius 3 is 2.71 bits per heavy atom. The topological polar surface area (TPSA) is 43.4 Å². The lowest BCUT2D eigenvalue weighted by molar-refractivity contribution is -0.155. The number of carbonyl (C=O) groups is 2. The van der Waals surface area contributed by atoms with E-state index in [4.69, 9.17) is 4.74 Å². The number of fused-ring (bicyclic) bond motifs is 1. The highest BCUT2D eigenvalue weighted by Gasteiger charge is 2.60. The van der Waals surface area contributed by atoms with Crippen LogP contribution in [0.1, 0.15) is 32.1 Å². The molecule has 2 aliphatic carbocycles. The van der Waals surface area contributed by atoms with Crippen molar-refractivity contribution in [2.75, 3.05) is 0 Å². The number of hydrogen-bond donors (Lipinski definition) is 0. The molecule has 0 aromatic heterocycles. The molecule has 0 aromatic rings. The van der Waals surface area contributed by atoms with E-state index in [0.29, 0.717) is 0 Å². The third-order valence-corrected chi connectivity index (χ3v) is 4.37. The van der Waals surface area contributed by atoms with Crippen molar-refractivity contribution in [3.63, 3.8) is 0 Å². The van der Waals surface area contributed by atoms with Gasteiger partial charge in [0.2, 0.25) is 0 Å². The van der Waals surface area contributed by atoms with Gasteiger partial charge in [0.25, 0.3) is 0 Å². The van der Waals surface area contributed by atoms with Crippen LogP contribution >= 0.6 is 0 Å². The molecule has 1 aliphatic heterocycles. The van der Waals surface area contributed by atoms with Crippen molar-refractivity contribution in [2.24, 2.45) is 17.3 Å². The van der Waals surface area contributed by atoms with Crippen molar-refractivity contribution in [1.82, 2.24) is 0 Å². The van der Waals surface area contributed by atoms with Gasteiger partial charge in [-0.3, -0.25) is 9.59 Å². The second-order valence-electron chi connectivity index (χ2n) is 5.16. The van der Waals surface area contributed by atoms with Crippen LogP contribution in [0.2, 0.25) is 0 Å². The molecule has 1 fully saturated rings. The molecule has 1 heterocycles. The zero-order valence-electron chi connectivity index (χ0n) is 9.72. The summed E-state index contributed by atoms with van der Waals surface area (Å²) in [4.78, 5) is 23.9. The van der Waals surface area contributed by atoms with Gasteiger partial charge in [-0.25, -0.2) is 0 Å². The van der Waals surface area contributed by atoms with Gasteiger partial charge in [-0.2, -0.15) is 0 Å². The van der Waals surface area contributed by atoms with E-state index in [9.17, 15) is 9.59 Å². The summed E-state index contributed by atoms with van der Waals surface area (Å²) in [5.74, 6) is -0.637. The standard InChI is InChI=1S/C14H16O3/c15-12-11-8-4-5-9-14(11,13(16)17-12)10-6-2-1-3-7-10/h1-2,5,9-11H,3-4,6-8H2. The van der Waals surface area contributed by atoms with Gasteiger partial charge in [-0.15, -0.1) is 0 Å². The zero-order valence-corrected chi connectivity index (χ0v) is 9.72. The Balaban J connectivity index is 2.03. The van der Waals surface area contributed by atoms with Gasteiger partial charge < -0.3 is 4.74 Å². The molecule has 3 nitrogen and oxygen atoms in total. The first kappa shape index (κ1) is 10.8. The number of carbonyl (C=O) groups excluding carboxylic acids is 2. The van der Waals surface area contributed by atoms with E-state index in [1.807, 2.05) is 12.2 Å². The van der Waals surface area contributed by atoms with Crippen LogP contribution in [-0.4, -0.2) is 11.9 Å². The van der Waals surface area contributed by atoms with Gasteiger partial charge in [0.05, 0.1) is 5.92 Å². The fraction of sp³-hybridized carbons (Fsp3) is 0.571. The van der Waals surface area contributed by atoms with Crippen molar-refractivity contribution in [2.45, 2.75) is 32.1 Å². The third kappa shape index (κ3) is 1.41. The fourth-order valence-electron chi connectivity index (χ4n) is 3.48. The predicted octanol–water partition coefficient (Wildman–Crippen LogP) is 2.38. The van der Waals surface area contributed by atoms with E-state index in [-0.39, 0.29) is 23.8 Å². The van der Waals surface area contributed by atoms with E-state index in [2.05, 4.69) is 12.2 Å². The summed E-state index contributed by atoms with van der Waals surface area (Å²) in [7, 11) is 0. The van der Waals surface area contributed by atoms with Crippen LogP contribution in [0.3, 0.4) is 0 Å². The molecule has 0 N–H and O–H groups in total. The van der Waals surface area contributed by atoms with Crippen LogP contribution < -0.4 is 0 Å². The van der Waals surface area contributed by atoms with Crippen molar-refractivity contribution in [3.05, 3.63) is 24.3 Å². The summed E-state index contributed by atoms with van der Waals surface area (Å²) < 4.78 is 4.91. The van der Waals surface area contributed by atoms with Crippen molar-refractivity contribution >= 4 is 11.9 Å². The van der Waals surface area contributed by atoms with Crippen LogP contribution in [0.25, 0.3) is 0 Å². The van der Waals surface area contributed by atoms with Gasteiger partial charge in [0.15, 0.2) is 0 Å². The lowest BCUT2D eigenvalue weighted by atomic mass is 9.61. The monoisotopic (exact) mass is 232 g/mol. The maximum Gasteiger partial charge on any atom is 0.324 e. The van der Waals surface area contributed by atoms with Crippen LogP contribution in [0.15, 0.2) is 24.3 Å². The van der Waals surface area contributed by atoms with Crippen LogP contribution in [0.4, 0.5) is 0 Å². The third-order valence-electron chi connectivity index (χ3n) is 4.37. The molecule has 0 aromatic carbocycles. The SMILES string of the molecule is O=C1OC(=O)C2(C3CC=CCC3)C=CCCC12. The molecular weight excluding hydrogens is 216 g/mol. The van der Waals surface area contributed by atoms with E-state index in [1.54, 1.807) is 0 Å². The minimum Gasteiger partial charge on any atom is -0.392 e. The number of allylic oxidation sites excluding steroid dienone is 3. The minimum absolute atomic E-state index is 0.230. The van der Waals surface area contributed by atoms with Crippen LogP contribution in [-0.2, 0) is 14.3 Å². The van der Waals surface area contributed by atoms with Gasteiger partial charge in [-0.05, 0) is 38.0 Å². The van der Waals surface area contributed by atoms with E-state index >= 15 is 0 Å². The van der Waals surface area contributed by atoms with E-state index < -0.39 is 5.41 Å². The molecule has 3 heteroatoms. The zero-order chi connectivity index (χ0) is 11.9. The fourth-order valence-corrected chi connectivity index (χ4v) is 3.48. The molecule has 3 aliphatic rings. The molecule has 0 spiro atoms. The van der Waals surface area contributed by atoms with Crippen molar-refractivity contribution in [1.29, 1.82) is 0 Å². The Bertz CT molecular complexity index is 421. The van der Waals surface area contributed by atoms with Crippen molar-refractivity contribution in [3.8, 4) is 0 Å². The number of ether oxygens (including phenoxy) is 1. The highest BCUT2D eigenvalue weighted by Crippen LogP contribution is 2.52. The van der Waals surface area contributed by atoms with Crippen LogP contribution in [0.5, 0.6) is 0 Å². The first-order valence-corrected chi connectivity index (χ1v) is 6.34. The molecule has 90 valence electrons. The number of cyclic esters (lactones) is 2. The number of hydrogen-bond acceptors (Lipinski definition) is 3. The summed E-state index contributed by atoms with van der Waals surface area (Å²) >= 11 is 0. The summed E-state index contributed by atoms with van der Waals surface area (Å²) in [6, 6.07) is 0. The van der Waals surface area contributed by atoms with Gasteiger partial charge in [0.1, 0.15) is 5.41 Å². The maximum atomic E-state index is 12.1. The first-order valence-electron chi connectivity index (χ1n) is 6.34. The molecule has 3 atom stereocenters. The average Bonchev–Trinajstić information content (AvgIpc) is 2.64. The molecule has 0 amide bonds. The highest BCUT2D eigenvalue weighted by molar-refractivity contribution is 6.01. The average molecular weight is 232 g/mol. The Morgan fingerprint density at radius 2 is 1.94 bits per heavy atom. The lowest BCUT2D eigenvalue weighted by Crippen LogP contribution is -2.41. The van der Waals surface area contributed by atoms with Crippen LogP contribution in [0, 0.1) is 17.3 Å². The second kappa shape index (κ2) is 3.83. The summed E-state index contributed by atoms with van der Waals surface area (Å²) in [5, 5.41) is 0. The Hall–Kier alpha value is -1.38. The first-order chi connectivity index (χ1) is 8.25. The lowest BCUT2D eigenvalue weighted by Gasteiger charge is -2.37. The molecule has 17 heavy (non-hydrogen) atoms. The van der Waals surface area contributed by atoms with E-state index in [1.165, 1.54) is 0 Å². The Labute approximate surface area is 101 Å².